The second-order valence-corrected chi connectivity index (χ2v) is 7.55. The highest BCUT2D eigenvalue weighted by molar-refractivity contribution is 7.18. The molecule has 0 aliphatic carbocycles. The van der Waals surface area contributed by atoms with E-state index in [1.807, 2.05) is 60.7 Å². The van der Waals surface area contributed by atoms with Gasteiger partial charge >= 0.3 is 0 Å². The SMILES string of the molecule is COc1ccc(-c2ccccc2Nc2ccc(-c3nnc(NC(C)=O)s3)cc2)cc1. The zero-order valence-electron chi connectivity index (χ0n) is 16.5. The number of nitrogens with zero attached hydrogens (tertiary/aromatic N) is 2. The van der Waals surface area contributed by atoms with E-state index < -0.39 is 0 Å². The minimum Gasteiger partial charge on any atom is -0.497 e. The number of benzene rings is 3. The van der Waals surface area contributed by atoms with Crippen LogP contribution in [-0.4, -0.2) is 23.2 Å². The average Bonchev–Trinajstić information content (AvgIpc) is 3.22. The van der Waals surface area contributed by atoms with Gasteiger partial charge in [-0.15, -0.1) is 10.2 Å². The molecule has 1 amide bonds. The van der Waals surface area contributed by atoms with E-state index in [1.54, 1.807) is 7.11 Å². The Morgan fingerprint density at radius 2 is 1.60 bits per heavy atom. The zero-order valence-corrected chi connectivity index (χ0v) is 17.4. The van der Waals surface area contributed by atoms with Crippen LogP contribution in [0.15, 0.2) is 72.8 Å². The molecule has 0 radical (unpaired) electrons. The highest BCUT2D eigenvalue weighted by Crippen LogP contribution is 2.32. The Balaban J connectivity index is 1.54. The Labute approximate surface area is 178 Å². The van der Waals surface area contributed by atoms with Crippen LogP contribution < -0.4 is 15.4 Å². The predicted octanol–water partition coefficient (Wildman–Crippen LogP) is 5.58. The van der Waals surface area contributed by atoms with Crippen LogP contribution in [0.1, 0.15) is 6.92 Å². The van der Waals surface area contributed by atoms with Gasteiger partial charge in [-0.1, -0.05) is 41.7 Å². The first-order chi connectivity index (χ1) is 14.6. The van der Waals surface area contributed by atoms with Gasteiger partial charge in [-0.2, -0.15) is 0 Å². The molecule has 3 aromatic carbocycles. The van der Waals surface area contributed by atoms with Crippen molar-refractivity contribution in [3.8, 4) is 27.4 Å². The summed E-state index contributed by atoms with van der Waals surface area (Å²) >= 11 is 1.34. The normalized spacial score (nSPS) is 10.5. The Kier molecular flexibility index (Phi) is 5.72. The number of amides is 1. The van der Waals surface area contributed by atoms with Crippen molar-refractivity contribution in [3.63, 3.8) is 0 Å². The molecule has 0 fully saturated rings. The van der Waals surface area contributed by atoms with Crippen molar-refractivity contribution in [2.24, 2.45) is 0 Å². The molecule has 7 heteroatoms. The maximum Gasteiger partial charge on any atom is 0.223 e. The van der Waals surface area contributed by atoms with Crippen LogP contribution in [0, 0.1) is 0 Å². The van der Waals surface area contributed by atoms with E-state index >= 15 is 0 Å². The maximum atomic E-state index is 11.2. The van der Waals surface area contributed by atoms with Crippen LogP contribution in [0.2, 0.25) is 0 Å². The van der Waals surface area contributed by atoms with Crippen molar-refractivity contribution in [2.75, 3.05) is 17.7 Å². The van der Waals surface area contributed by atoms with E-state index in [4.69, 9.17) is 4.74 Å². The molecule has 30 heavy (non-hydrogen) atoms. The van der Waals surface area contributed by atoms with E-state index in [-0.39, 0.29) is 5.91 Å². The molecule has 0 aliphatic rings. The van der Waals surface area contributed by atoms with Crippen molar-refractivity contribution in [2.45, 2.75) is 6.92 Å². The van der Waals surface area contributed by atoms with E-state index in [2.05, 4.69) is 33.0 Å². The second-order valence-electron chi connectivity index (χ2n) is 6.57. The summed E-state index contributed by atoms with van der Waals surface area (Å²) in [6, 6.07) is 24.1. The van der Waals surface area contributed by atoms with Gasteiger partial charge in [0, 0.05) is 29.4 Å². The van der Waals surface area contributed by atoms with Gasteiger partial charge in [0.15, 0.2) is 0 Å². The lowest BCUT2D eigenvalue weighted by Crippen LogP contribution is -2.04. The highest BCUT2D eigenvalue weighted by atomic mass is 32.1. The zero-order chi connectivity index (χ0) is 20.9. The predicted molar refractivity (Wildman–Crippen MR) is 121 cm³/mol. The molecule has 1 heterocycles. The number of carbonyl (C=O) groups is 1. The largest absolute Gasteiger partial charge is 0.497 e. The molecular formula is C23H20N4O2S. The minimum absolute atomic E-state index is 0.159. The fraction of sp³-hybridized carbons (Fsp3) is 0.0870. The third kappa shape index (κ3) is 4.47. The number of hydrogen-bond donors (Lipinski definition) is 2. The van der Waals surface area contributed by atoms with Crippen LogP contribution >= 0.6 is 11.3 Å². The fourth-order valence-electron chi connectivity index (χ4n) is 3.01. The van der Waals surface area contributed by atoms with Gasteiger partial charge in [-0.25, -0.2) is 0 Å². The summed E-state index contributed by atoms with van der Waals surface area (Å²) in [7, 11) is 1.66. The summed E-state index contributed by atoms with van der Waals surface area (Å²) in [4.78, 5) is 11.2. The average molecular weight is 417 g/mol. The first-order valence-corrected chi connectivity index (χ1v) is 10.2. The molecule has 6 nitrogen and oxygen atoms in total. The van der Waals surface area contributed by atoms with E-state index in [9.17, 15) is 4.79 Å². The van der Waals surface area contributed by atoms with Gasteiger partial charge in [-0.05, 0) is 48.0 Å². The lowest BCUT2D eigenvalue weighted by atomic mass is 10.0. The monoisotopic (exact) mass is 416 g/mol. The van der Waals surface area contributed by atoms with Crippen molar-refractivity contribution in [1.29, 1.82) is 0 Å². The number of hydrogen-bond acceptors (Lipinski definition) is 6. The lowest BCUT2D eigenvalue weighted by molar-refractivity contribution is -0.114. The van der Waals surface area contributed by atoms with Crippen LogP contribution in [0.4, 0.5) is 16.5 Å². The van der Waals surface area contributed by atoms with Crippen molar-refractivity contribution in [1.82, 2.24) is 10.2 Å². The Morgan fingerprint density at radius 1 is 0.900 bits per heavy atom. The lowest BCUT2D eigenvalue weighted by Gasteiger charge is -2.13. The summed E-state index contributed by atoms with van der Waals surface area (Å²) in [5, 5.41) is 15.5. The maximum absolute atomic E-state index is 11.2. The molecule has 1 aromatic heterocycles. The second kappa shape index (κ2) is 8.75. The van der Waals surface area contributed by atoms with Gasteiger partial charge in [-0.3, -0.25) is 4.79 Å². The molecule has 0 atom stereocenters. The van der Waals surface area contributed by atoms with Crippen molar-refractivity contribution < 1.29 is 9.53 Å². The number of para-hydroxylation sites is 1. The van der Waals surface area contributed by atoms with Crippen molar-refractivity contribution >= 4 is 33.8 Å². The van der Waals surface area contributed by atoms with Gasteiger partial charge in [0.25, 0.3) is 0 Å². The fourth-order valence-corrected chi connectivity index (χ4v) is 3.80. The number of methoxy groups -OCH3 is 1. The number of carbonyl (C=O) groups excluding carboxylic acids is 1. The van der Waals surface area contributed by atoms with Gasteiger partial charge in [0.1, 0.15) is 10.8 Å². The van der Waals surface area contributed by atoms with Gasteiger partial charge in [0.2, 0.25) is 11.0 Å². The summed E-state index contributed by atoms with van der Waals surface area (Å²) in [6.45, 7) is 1.45. The Bertz CT molecular complexity index is 1150. The smallest absolute Gasteiger partial charge is 0.223 e. The summed E-state index contributed by atoms with van der Waals surface area (Å²) in [5.41, 5.74) is 5.13. The molecule has 0 spiro atoms. The third-order valence-electron chi connectivity index (χ3n) is 4.45. The summed E-state index contributed by atoms with van der Waals surface area (Å²) in [6.07, 6.45) is 0. The van der Waals surface area contributed by atoms with E-state index in [0.717, 1.165) is 38.8 Å². The number of nitrogens with one attached hydrogen (secondary N) is 2. The molecule has 2 N–H and O–H groups in total. The van der Waals surface area contributed by atoms with Gasteiger partial charge in [0.05, 0.1) is 7.11 Å². The Hall–Kier alpha value is -3.71. The van der Waals surface area contributed by atoms with E-state index in [0.29, 0.717) is 5.13 Å². The Morgan fingerprint density at radius 3 is 2.30 bits per heavy atom. The molecule has 0 saturated heterocycles. The molecule has 150 valence electrons. The summed E-state index contributed by atoms with van der Waals surface area (Å²) in [5.74, 6) is 0.672. The molecule has 0 saturated carbocycles. The summed E-state index contributed by atoms with van der Waals surface area (Å²) < 4.78 is 5.25. The topological polar surface area (TPSA) is 76.1 Å². The van der Waals surface area contributed by atoms with Crippen LogP contribution in [0.25, 0.3) is 21.7 Å². The van der Waals surface area contributed by atoms with Crippen LogP contribution in [0.5, 0.6) is 5.75 Å². The van der Waals surface area contributed by atoms with Crippen LogP contribution in [-0.2, 0) is 4.79 Å². The molecular weight excluding hydrogens is 396 g/mol. The van der Waals surface area contributed by atoms with Crippen molar-refractivity contribution in [3.05, 3.63) is 72.8 Å². The molecule has 4 aromatic rings. The van der Waals surface area contributed by atoms with Gasteiger partial charge < -0.3 is 15.4 Å². The first kappa shape index (κ1) is 19.6. The number of aromatic nitrogens is 2. The quantitative estimate of drug-likeness (QED) is 0.429. The number of ether oxygens (including phenoxy) is 1. The standard InChI is InChI=1S/C23H20N4O2S/c1-15(28)24-23-27-26-22(30-23)17-7-11-18(12-8-17)25-21-6-4-3-5-20(21)16-9-13-19(29-2)14-10-16/h3-14,25H,1-2H3,(H,24,27,28). The highest BCUT2D eigenvalue weighted by Gasteiger charge is 2.09. The first-order valence-electron chi connectivity index (χ1n) is 9.34. The molecule has 4 rings (SSSR count). The molecule has 0 bridgehead atoms. The minimum atomic E-state index is -0.159. The molecule has 0 unspecified atom stereocenters. The van der Waals surface area contributed by atoms with E-state index in [1.165, 1.54) is 18.3 Å². The number of rotatable bonds is 6. The molecule has 0 aliphatic heterocycles. The number of anilines is 3. The third-order valence-corrected chi connectivity index (χ3v) is 5.33. The van der Waals surface area contributed by atoms with Crippen LogP contribution in [0.3, 0.4) is 0 Å².